The monoisotopic (exact) mass is 221 g/mol. The van der Waals surface area contributed by atoms with Gasteiger partial charge in [-0.1, -0.05) is 12.1 Å². The molecule has 2 nitrogen and oxygen atoms in total. The molecule has 0 aliphatic carbocycles. The van der Waals surface area contributed by atoms with E-state index in [0.717, 1.165) is 5.56 Å². The van der Waals surface area contributed by atoms with Gasteiger partial charge in [-0.25, -0.2) is 0 Å². The molecular weight excluding hydrogens is 209 g/mol. The second-order valence-electron chi connectivity index (χ2n) is 2.93. The molecule has 0 bridgehead atoms. The van der Waals surface area contributed by atoms with E-state index in [0.29, 0.717) is 0 Å². The minimum atomic E-state index is 0. The number of phenolic OH excluding ortho intramolecular Hbond substituents is 1. The van der Waals surface area contributed by atoms with Gasteiger partial charge in [-0.3, -0.25) is 4.99 Å². The molecule has 0 aliphatic rings. The maximum Gasteiger partial charge on any atom is 0.124 e. The third-order valence-electron chi connectivity index (χ3n) is 1.45. The number of nitrogens with zero attached hydrogens (tertiary/aromatic N) is 1. The zero-order valence-electron chi connectivity index (χ0n) is 7.67. The van der Waals surface area contributed by atoms with Crippen molar-refractivity contribution in [2.45, 2.75) is 19.9 Å². The molecule has 0 radical (unpaired) electrons. The molecule has 1 N–H and O–H groups in total. The summed E-state index contributed by atoms with van der Waals surface area (Å²) in [5.41, 5.74) is 0.770. The Balaban J connectivity index is 0.00000144. The Hall–Kier alpha value is -0.816. The van der Waals surface area contributed by atoms with E-state index in [1.165, 1.54) is 0 Å². The molecule has 1 rings (SSSR count). The normalized spacial score (nSPS) is 10.4. The second kappa shape index (κ2) is 5.77. The van der Waals surface area contributed by atoms with Gasteiger partial charge >= 0.3 is 0 Å². The van der Waals surface area contributed by atoms with Crippen LogP contribution in [0.5, 0.6) is 5.75 Å². The van der Waals surface area contributed by atoms with Crippen LogP contribution < -0.4 is 0 Å². The fourth-order valence-electron chi connectivity index (χ4n) is 0.826. The molecular formula is C10H13NNiO. The van der Waals surface area contributed by atoms with Gasteiger partial charge in [0.25, 0.3) is 0 Å². The summed E-state index contributed by atoms with van der Waals surface area (Å²) in [6.07, 6.45) is 1.69. The molecule has 0 spiro atoms. The predicted octanol–water partition coefficient (Wildman–Crippen LogP) is 2.22. The maximum atomic E-state index is 9.33. The average molecular weight is 222 g/mol. The maximum absolute atomic E-state index is 9.33. The zero-order valence-corrected chi connectivity index (χ0v) is 8.66. The Kier molecular flexibility index (Phi) is 5.40. The van der Waals surface area contributed by atoms with Gasteiger partial charge in [-0.05, 0) is 26.0 Å². The number of phenols is 1. The first-order chi connectivity index (χ1) is 5.70. The Labute approximate surface area is 88.6 Å². The van der Waals surface area contributed by atoms with E-state index >= 15 is 0 Å². The standard InChI is InChI=1S/C10H13NO.Ni/c1-8(2)11-7-9-5-3-4-6-10(9)12;/h3-8,12H,1-2H3;. The van der Waals surface area contributed by atoms with Gasteiger partial charge in [0.1, 0.15) is 5.75 Å². The summed E-state index contributed by atoms with van der Waals surface area (Å²) in [6.45, 7) is 3.99. The van der Waals surface area contributed by atoms with Crippen molar-refractivity contribution in [2.24, 2.45) is 4.99 Å². The Bertz CT molecular complexity index is 284. The van der Waals surface area contributed by atoms with Gasteiger partial charge in [0.2, 0.25) is 0 Å². The van der Waals surface area contributed by atoms with E-state index in [9.17, 15) is 5.11 Å². The van der Waals surface area contributed by atoms with E-state index in [2.05, 4.69) is 4.99 Å². The third kappa shape index (κ3) is 4.09. The Morgan fingerprint density at radius 2 is 1.92 bits per heavy atom. The van der Waals surface area contributed by atoms with E-state index in [1.54, 1.807) is 18.3 Å². The number of aliphatic imine (C=N–C) groups is 1. The molecule has 1 aromatic carbocycles. The fourth-order valence-corrected chi connectivity index (χ4v) is 0.826. The summed E-state index contributed by atoms with van der Waals surface area (Å²) in [4.78, 5) is 4.17. The number of benzene rings is 1. The van der Waals surface area contributed by atoms with Crippen molar-refractivity contribution in [2.75, 3.05) is 0 Å². The fraction of sp³-hybridized carbons (Fsp3) is 0.300. The van der Waals surface area contributed by atoms with Crippen LogP contribution in [0.1, 0.15) is 19.4 Å². The minimum absolute atomic E-state index is 0. The molecule has 1 aromatic rings. The summed E-state index contributed by atoms with van der Waals surface area (Å²) in [6, 6.07) is 7.43. The molecule has 0 heterocycles. The van der Waals surface area contributed by atoms with Crippen LogP contribution in [0.3, 0.4) is 0 Å². The largest absolute Gasteiger partial charge is 0.507 e. The molecule has 0 aliphatic heterocycles. The van der Waals surface area contributed by atoms with Crippen molar-refractivity contribution in [1.29, 1.82) is 0 Å². The molecule has 13 heavy (non-hydrogen) atoms. The summed E-state index contributed by atoms with van der Waals surface area (Å²) >= 11 is 0. The summed E-state index contributed by atoms with van der Waals surface area (Å²) in [5.74, 6) is 0.280. The number of hydrogen-bond donors (Lipinski definition) is 1. The number of aromatic hydroxyl groups is 1. The molecule has 0 fully saturated rings. The first kappa shape index (κ1) is 12.2. The molecule has 0 amide bonds. The van der Waals surface area contributed by atoms with Crippen molar-refractivity contribution in [3.8, 4) is 5.75 Å². The Morgan fingerprint density at radius 3 is 2.46 bits per heavy atom. The van der Waals surface area contributed by atoms with Crippen LogP contribution in [0.2, 0.25) is 0 Å². The molecule has 3 heteroatoms. The minimum Gasteiger partial charge on any atom is -0.507 e. The SMILES string of the molecule is CC(C)N=Cc1ccccc1O.[Ni]. The molecule has 0 atom stereocenters. The van der Waals surface area contributed by atoms with Gasteiger partial charge in [0.05, 0.1) is 0 Å². The first-order valence-electron chi connectivity index (χ1n) is 4.01. The van der Waals surface area contributed by atoms with E-state index in [1.807, 2.05) is 26.0 Å². The van der Waals surface area contributed by atoms with Crippen LogP contribution in [-0.4, -0.2) is 17.4 Å². The van der Waals surface area contributed by atoms with E-state index in [-0.39, 0.29) is 28.3 Å². The third-order valence-corrected chi connectivity index (χ3v) is 1.45. The van der Waals surface area contributed by atoms with Crippen molar-refractivity contribution in [3.63, 3.8) is 0 Å². The van der Waals surface area contributed by atoms with Crippen LogP contribution in [0.15, 0.2) is 29.3 Å². The second-order valence-corrected chi connectivity index (χ2v) is 2.93. The van der Waals surface area contributed by atoms with Crippen molar-refractivity contribution in [3.05, 3.63) is 29.8 Å². The molecule has 74 valence electrons. The van der Waals surface area contributed by atoms with E-state index in [4.69, 9.17) is 0 Å². The number of rotatable bonds is 2. The molecule has 0 aromatic heterocycles. The van der Waals surface area contributed by atoms with Gasteiger partial charge in [0.15, 0.2) is 0 Å². The van der Waals surface area contributed by atoms with Gasteiger partial charge < -0.3 is 5.11 Å². The van der Waals surface area contributed by atoms with Crippen LogP contribution in [-0.2, 0) is 16.5 Å². The van der Waals surface area contributed by atoms with E-state index < -0.39 is 0 Å². The smallest absolute Gasteiger partial charge is 0.124 e. The summed E-state index contributed by atoms with van der Waals surface area (Å²) in [7, 11) is 0. The number of hydrogen-bond acceptors (Lipinski definition) is 2. The van der Waals surface area contributed by atoms with Crippen LogP contribution in [0, 0.1) is 0 Å². The summed E-state index contributed by atoms with van der Waals surface area (Å²) < 4.78 is 0. The molecule has 0 unspecified atom stereocenters. The van der Waals surface area contributed by atoms with Gasteiger partial charge in [-0.15, -0.1) is 0 Å². The van der Waals surface area contributed by atoms with Crippen LogP contribution in [0.4, 0.5) is 0 Å². The van der Waals surface area contributed by atoms with Gasteiger partial charge in [0, 0.05) is 34.3 Å². The first-order valence-corrected chi connectivity index (χ1v) is 4.01. The van der Waals surface area contributed by atoms with Gasteiger partial charge in [-0.2, -0.15) is 0 Å². The zero-order chi connectivity index (χ0) is 8.97. The molecule has 0 saturated heterocycles. The van der Waals surface area contributed by atoms with Crippen molar-refractivity contribution >= 4 is 6.21 Å². The molecule has 0 saturated carbocycles. The van der Waals surface area contributed by atoms with Crippen LogP contribution in [0.25, 0.3) is 0 Å². The van der Waals surface area contributed by atoms with Crippen LogP contribution >= 0.6 is 0 Å². The predicted molar refractivity (Wildman–Crippen MR) is 50.8 cm³/mol. The summed E-state index contributed by atoms with van der Waals surface area (Å²) in [5, 5.41) is 9.33. The van der Waals surface area contributed by atoms with Crippen molar-refractivity contribution < 1.29 is 21.6 Å². The van der Waals surface area contributed by atoms with Crippen molar-refractivity contribution in [1.82, 2.24) is 0 Å². The quantitative estimate of drug-likeness (QED) is 0.603. The topological polar surface area (TPSA) is 32.6 Å². The Morgan fingerprint density at radius 1 is 1.31 bits per heavy atom. The number of para-hydroxylation sites is 1. The average Bonchev–Trinajstić information content (AvgIpc) is 2.03.